The third kappa shape index (κ3) is 4.96. The molecule has 3 heteroatoms. The van der Waals surface area contributed by atoms with Crippen molar-refractivity contribution in [2.75, 3.05) is 19.6 Å². The lowest BCUT2D eigenvalue weighted by molar-refractivity contribution is 0.185. The SMILES string of the molecule is CCN(CCCC(C#N)(c1ccc(Cl)cc1)C1CCC1)CCc1ccccc1. The van der Waals surface area contributed by atoms with E-state index in [0.29, 0.717) is 5.92 Å². The lowest BCUT2D eigenvalue weighted by Crippen LogP contribution is -2.39. The summed E-state index contributed by atoms with van der Waals surface area (Å²) < 4.78 is 0. The highest BCUT2D eigenvalue weighted by Crippen LogP contribution is 2.47. The molecule has 0 spiro atoms. The van der Waals surface area contributed by atoms with E-state index < -0.39 is 0 Å². The highest BCUT2D eigenvalue weighted by molar-refractivity contribution is 6.30. The first kappa shape index (κ1) is 20.9. The fourth-order valence-electron chi connectivity index (χ4n) is 4.39. The van der Waals surface area contributed by atoms with Crippen molar-refractivity contribution >= 4 is 11.6 Å². The molecule has 2 aromatic carbocycles. The van der Waals surface area contributed by atoms with Gasteiger partial charge in [0.1, 0.15) is 0 Å². The molecule has 28 heavy (non-hydrogen) atoms. The predicted molar refractivity (Wildman–Crippen MR) is 118 cm³/mol. The number of hydrogen-bond donors (Lipinski definition) is 0. The van der Waals surface area contributed by atoms with Crippen molar-refractivity contribution < 1.29 is 0 Å². The van der Waals surface area contributed by atoms with Gasteiger partial charge >= 0.3 is 0 Å². The van der Waals surface area contributed by atoms with Gasteiger partial charge in [0.15, 0.2) is 0 Å². The zero-order valence-corrected chi connectivity index (χ0v) is 17.7. The highest BCUT2D eigenvalue weighted by Gasteiger charge is 2.43. The Kier molecular flexibility index (Phi) is 7.54. The van der Waals surface area contributed by atoms with E-state index in [4.69, 9.17) is 11.6 Å². The van der Waals surface area contributed by atoms with Crippen LogP contribution >= 0.6 is 11.6 Å². The van der Waals surface area contributed by atoms with E-state index in [9.17, 15) is 5.26 Å². The lowest BCUT2D eigenvalue weighted by Gasteiger charge is -2.41. The van der Waals surface area contributed by atoms with Crippen molar-refractivity contribution in [3.8, 4) is 6.07 Å². The third-order valence-electron chi connectivity index (χ3n) is 6.41. The first-order valence-electron chi connectivity index (χ1n) is 10.6. The molecular formula is C25H31ClN2. The first-order chi connectivity index (χ1) is 13.7. The minimum absolute atomic E-state index is 0.359. The fraction of sp³-hybridized carbons (Fsp3) is 0.480. The molecule has 3 rings (SSSR count). The predicted octanol–water partition coefficient (Wildman–Crippen LogP) is 6.25. The van der Waals surface area contributed by atoms with Crippen LogP contribution in [0.15, 0.2) is 54.6 Å². The Labute approximate surface area is 175 Å². The molecule has 1 saturated carbocycles. The van der Waals surface area contributed by atoms with Crippen LogP contribution < -0.4 is 0 Å². The Morgan fingerprint density at radius 2 is 1.79 bits per heavy atom. The summed E-state index contributed by atoms with van der Waals surface area (Å²) in [4.78, 5) is 2.51. The highest BCUT2D eigenvalue weighted by atomic mass is 35.5. The van der Waals surface area contributed by atoms with Crippen LogP contribution in [0.1, 0.15) is 50.2 Å². The van der Waals surface area contributed by atoms with Gasteiger partial charge in [0.25, 0.3) is 0 Å². The molecule has 148 valence electrons. The van der Waals surface area contributed by atoms with Gasteiger partial charge in [-0.1, -0.05) is 67.4 Å². The summed E-state index contributed by atoms with van der Waals surface area (Å²) in [5, 5.41) is 11.0. The number of nitriles is 1. The summed E-state index contributed by atoms with van der Waals surface area (Å²) in [6.45, 7) is 5.40. The molecule has 1 aliphatic rings. The average Bonchev–Trinajstić information content (AvgIpc) is 2.69. The largest absolute Gasteiger partial charge is 0.303 e. The zero-order chi connectivity index (χ0) is 19.8. The van der Waals surface area contributed by atoms with Crippen LogP contribution in [0.4, 0.5) is 0 Å². The molecule has 0 bridgehead atoms. The topological polar surface area (TPSA) is 27.0 Å². The Morgan fingerprint density at radius 1 is 1.07 bits per heavy atom. The Hall–Kier alpha value is -1.82. The van der Waals surface area contributed by atoms with Crippen LogP contribution in [-0.4, -0.2) is 24.5 Å². The molecule has 2 nitrogen and oxygen atoms in total. The summed E-state index contributed by atoms with van der Waals surface area (Å²) in [5.74, 6) is 0.484. The van der Waals surface area contributed by atoms with Gasteiger partial charge < -0.3 is 4.90 Å². The second-order valence-corrected chi connectivity index (χ2v) is 8.43. The molecule has 0 radical (unpaired) electrons. The summed E-state index contributed by atoms with van der Waals surface area (Å²) >= 11 is 6.09. The van der Waals surface area contributed by atoms with Crippen LogP contribution in [0.3, 0.4) is 0 Å². The van der Waals surface area contributed by atoms with E-state index in [1.54, 1.807) is 0 Å². The smallest absolute Gasteiger partial charge is 0.0850 e. The van der Waals surface area contributed by atoms with Crippen molar-refractivity contribution in [3.63, 3.8) is 0 Å². The van der Waals surface area contributed by atoms with Gasteiger partial charge in [-0.25, -0.2) is 0 Å². The number of rotatable bonds is 10. The van der Waals surface area contributed by atoms with Crippen LogP contribution in [0, 0.1) is 17.2 Å². The van der Waals surface area contributed by atoms with Crippen LogP contribution in [0.2, 0.25) is 5.02 Å². The van der Waals surface area contributed by atoms with Gasteiger partial charge in [0, 0.05) is 11.6 Å². The van der Waals surface area contributed by atoms with E-state index in [-0.39, 0.29) is 5.41 Å². The van der Waals surface area contributed by atoms with Gasteiger partial charge in [0.05, 0.1) is 11.5 Å². The van der Waals surface area contributed by atoms with E-state index in [0.717, 1.165) is 49.5 Å². The van der Waals surface area contributed by atoms with Gasteiger partial charge in [-0.15, -0.1) is 0 Å². The van der Waals surface area contributed by atoms with Crippen molar-refractivity contribution in [1.82, 2.24) is 4.90 Å². The van der Waals surface area contributed by atoms with E-state index in [2.05, 4.69) is 60.4 Å². The van der Waals surface area contributed by atoms with E-state index in [1.807, 2.05) is 12.1 Å². The van der Waals surface area contributed by atoms with E-state index in [1.165, 1.54) is 24.8 Å². The molecule has 0 heterocycles. The van der Waals surface area contributed by atoms with Crippen LogP contribution in [0.25, 0.3) is 0 Å². The normalized spacial score (nSPS) is 16.4. The van der Waals surface area contributed by atoms with Crippen LogP contribution in [0.5, 0.6) is 0 Å². The minimum Gasteiger partial charge on any atom is -0.303 e. The lowest BCUT2D eigenvalue weighted by atomic mass is 9.61. The summed E-state index contributed by atoms with van der Waals surface area (Å²) in [7, 11) is 0. The summed E-state index contributed by atoms with van der Waals surface area (Å²) in [6.07, 6.45) is 6.65. The molecule has 0 aromatic heterocycles. The van der Waals surface area contributed by atoms with E-state index >= 15 is 0 Å². The quantitative estimate of drug-likeness (QED) is 0.476. The number of nitrogens with zero attached hydrogens (tertiary/aromatic N) is 2. The first-order valence-corrected chi connectivity index (χ1v) is 11.0. The monoisotopic (exact) mass is 394 g/mol. The van der Waals surface area contributed by atoms with Gasteiger partial charge in [-0.3, -0.25) is 0 Å². The Bertz CT molecular complexity index is 761. The fourth-order valence-corrected chi connectivity index (χ4v) is 4.51. The molecule has 1 atom stereocenters. The Balaban J connectivity index is 1.61. The van der Waals surface area contributed by atoms with Crippen molar-refractivity contribution in [2.24, 2.45) is 5.92 Å². The maximum atomic E-state index is 10.2. The second kappa shape index (κ2) is 10.1. The van der Waals surface area contributed by atoms with Crippen molar-refractivity contribution in [2.45, 2.75) is 50.9 Å². The maximum absolute atomic E-state index is 10.2. The maximum Gasteiger partial charge on any atom is 0.0850 e. The molecule has 1 aliphatic carbocycles. The Morgan fingerprint density at radius 3 is 2.36 bits per heavy atom. The number of hydrogen-bond acceptors (Lipinski definition) is 2. The van der Waals surface area contributed by atoms with Gasteiger partial charge in [-0.2, -0.15) is 5.26 Å². The molecule has 0 aliphatic heterocycles. The van der Waals surface area contributed by atoms with Crippen LogP contribution in [-0.2, 0) is 11.8 Å². The molecular weight excluding hydrogens is 364 g/mol. The average molecular weight is 395 g/mol. The molecule has 0 amide bonds. The summed E-state index contributed by atoms with van der Waals surface area (Å²) in [6, 6.07) is 21.4. The zero-order valence-electron chi connectivity index (χ0n) is 16.9. The summed E-state index contributed by atoms with van der Waals surface area (Å²) in [5.41, 5.74) is 2.18. The minimum atomic E-state index is -0.359. The second-order valence-electron chi connectivity index (χ2n) is 7.99. The van der Waals surface area contributed by atoms with Crippen molar-refractivity contribution in [3.05, 3.63) is 70.7 Å². The molecule has 2 aromatic rings. The van der Waals surface area contributed by atoms with Crippen molar-refractivity contribution in [1.29, 1.82) is 5.26 Å². The third-order valence-corrected chi connectivity index (χ3v) is 6.67. The number of halogens is 1. The molecule has 0 N–H and O–H groups in total. The van der Waals surface area contributed by atoms with Gasteiger partial charge in [0.2, 0.25) is 0 Å². The van der Waals surface area contributed by atoms with Gasteiger partial charge in [-0.05, 0) is 74.4 Å². The standard InChI is InChI=1S/C25H31ClN2/c1-2-28(19-16-21-8-4-3-5-9-21)18-7-17-25(20-27,22-10-6-11-22)23-12-14-24(26)15-13-23/h3-5,8-9,12-15,22H,2,6-7,10-11,16-19H2,1H3. The number of benzene rings is 2. The molecule has 1 unspecified atom stereocenters. The molecule has 0 saturated heterocycles. The molecule has 1 fully saturated rings. The number of likely N-dealkylation sites (N-methyl/N-ethyl adjacent to an activating group) is 1.